The number of benzene rings is 1. The number of ether oxygens (including phenoxy) is 2. The predicted octanol–water partition coefficient (Wildman–Crippen LogP) is 3.47. The zero-order valence-electron chi connectivity index (χ0n) is 16.4. The molecule has 0 amide bonds. The number of aliphatic imine (C=N–C) groups is 1. The van der Waals surface area contributed by atoms with Gasteiger partial charge in [0.1, 0.15) is 6.10 Å². The molecule has 0 radical (unpaired) electrons. The van der Waals surface area contributed by atoms with Crippen LogP contribution in [0.5, 0.6) is 0 Å². The molecule has 0 aliphatic carbocycles. The first kappa shape index (κ1) is 20.9. The smallest absolute Gasteiger partial charge is 0.381 e. The molecule has 8 heteroatoms. The molecule has 3 rings (SSSR count). The van der Waals surface area contributed by atoms with Crippen molar-refractivity contribution in [1.29, 1.82) is 0 Å². The van der Waals surface area contributed by atoms with E-state index in [4.69, 9.17) is 14.5 Å². The molecule has 0 bridgehead atoms. The molecule has 2 atom stereocenters. The number of guanidine groups is 1. The number of hydrogen-bond acceptors (Lipinski definition) is 3. The highest BCUT2D eigenvalue weighted by molar-refractivity contribution is 5.80. The molecule has 156 valence electrons. The van der Waals surface area contributed by atoms with Crippen molar-refractivity contribution < 1.29 is 22.6 Å². The summed E-state index contributed by atoms with van der Waals surface area (Å²) in [4.78, 5) is 6.86. The topological polar surface area (TPSA) is 46.1 Å². The molecule has 2 unspecified atom stereocenters. The van der Waals surface area contributed by atoms with Crippen LogP contribution in [0.25, 0.3) is 0 Å². The van der Waals surface area contributed by atoms with Crippen LogP contribution in [0.2, 0.25) is 0 Å². The third-order valence-corrected chi connectivity index (χ3v) is 5.20. The van der Waals surface area contributed by atoms with Crippen molar-refractivity contribution in [3.63, 3.8) is 0 Å². The van der Waals surface area contributed by atoms with Gasteiger partial charge in [0.15, 0.2) is 5.96 Å². The highest BCUT2D eigenvalue weighted by atomic mass is 19.4. The average molecular weight is 399 g/mol. The number of hydrogen-bond donors (Lipinski definition) is 1. The van der Waals surface area contributed by atoms with Gasteiger partial charge in [-0.05, 0) is 31.0 Å². The van der Waals surface area contributed by atoms with E-state index >= 15 is 0 Å². The molecule has 28 heavy (non-hydrogen) atoms. The monoisotopic (exact) mass is 399 g/mol. The molecule has 0 saturated carbocycles. The van der Waals surface area contributed by atoms with E-state index in [1.54, 1.807) is 6.07 Å². The minimum absolute atomic E-state index is 0.0351. The number of halogens is 3. The number of nitrogens with zero attached hydrogens (tertiary/aromatic N) is 2. The Morgan fingerprint density at radius 2 is 2.18 bits per heavy atom. The van der Waals surface area contributed by atoms with Crippen molar-refractivity contribution in [2.45, 2.75) is 32.5 Å². The van der Waals surface area contributed by atoms with E-state index in [0.717, 1.165) is 31.6 Å². The maximum Gasteiger partial charge on any atom is 0.416 e. The maximum atomic E-state index is 13.0. The summed E-state index contributed by atoms with van der Waals surface area (Å²) in [6.45, 7) is 8.54. The Balaban J connectivity index is 1.73. The summed E-state index contributed by atoms with van der Waals surface area (Å²) in [7, 11) is 0. The lowest BCUT2D eigenvalue weighted by atomic mass is 9.90. The number of morpholine rings is 1. The summed E-state index contributed by atoms with van der Waals surface area (Å²) < 4.78 is 50.4. The Labute approximate surface area is 163 Å². The maximum absolute atomic E-state index is 13.0. The standard InChI is InChI=1S/C20H28F3N3O2/c1-3-24-18(25-13-19(2)7-9-27-14-19)26-8-10-28-17(12-26)15-5-4-6-16(11-15)20(21,22)23/h4-6,11,17H,3,7-10,12-14H2,1-2H3,(H,24,25). The summed E-state index contributed by atoms with van der Waals surface area (Å²) in [6.07, 6.45) is -3.81. The number of nitrogens with one attached hydrogen (secondary N) is 1. The Morgan fingerprint density at radius 1 is 1.36 bits per heavy atom. The van der Waals surface area contributed by atoms with Gasteiger partial charge in [-0.25, -0.2) is 0 Å². The summed E-state index contributed by atoms with van der Waals surface area (Å²) in [5, 5.41) is 3.30. The first-order chi connectivity index (χ1) is 13.3. The zero-order valence-corrected chi connectivity index (χ0v) is 16.4. The van der Waals surface area contributed by atoms with Gasteiger partial charge in [0, 0.05) is 25.1 Å². The lowest BCUT2D eigenvalue weighted by Crippen LogP contribution is -2.48. The SMILES string of the molecule is CCNC(=NCC1(C)CCOC1)N1CCOC(c2cccc(C(F)(F)F)c2)C1. The molecule has 5 nitrogen and oxygen atoms in total. The zero-order chi connectivity index (χ0) is 20.2. The van der Waals surface area contributed by atoms with Crippen LogP contribution in [-0.2, 0) is 15.7 Å². The minimum Gasteiger partial charge on any atom is -0.381 e. The predicted molar refractivity (Wildman–Crippen MR) is 101 cm³/mol. The van der Waals surface area contributed by atoms with E-state index in [9.17, 15) is 13.2 Å². The van der Waals surface area contributed by atoms with Crippen LogP contribution in [-0.4, -0.2) is 56.9 Å². The fourth-order valence-corrected chi connectivity index (χ4v) is 3.48. The lowest BCUT2D eigenvalue weighted by Gasteiger charge is -2.36. The van der Waals surface area contributed by atoms with Gasteiger partial charge >= 0.3 is 6.18 Å². The van der Waals surface area contributed by atoms with Crippen LogP contribution in [0.4, 0.5) is 13.2 Å². The summed E-state index contributed by atoms with van der Waals surface area (Å²) in [5.41, 5.74) is -0.0834. The molecule has 0 aromatic heterocycles. The molecule has 2 heterocycles. The summed E-state index contributed by atoms with van der Waals surface area (Å²) in [5.74, 6) is 0.774. The van der Waals surface area contributed by atoms with Gasteiger partial charge in [-0.3, -0.25) is 4.99 Å². The summed E-state index contributed by atoms with van der Waals surface area (Å²) >= 11 is 0. The van der Waals surface area contributed by atoms with Crippen molar-refractivity contribution in [3.8, 4) is 0 Å². The molecule has 1 aromatic rings. The second-order valence-corrected chi connectivity index (χ2v) is 7.71. The van der Waals surface area contributed by atoms with Crippen molar-refractivity contribution in [3.05, 3.63) is 35.4 Å². The second kappa shape index (κ2) is 8.69. The molecule has 0 spiro atoms. The number of rotatable bonds is 4. The third kappa shape index (κ3) is 5.17. The average Bonchev–Trinajstić information content (AvgIpc) is 3.11. The summed E-state index contributed by atoms with van der Waals surface area (Å²) in [6, 6.07) is 5.38. The first-order valence-corrected chi connectivity index (χ1v) is 9.70. The van der Waals surface area contributed by atoms with Crippen molar-refractivity contribution in [1.82, 2.24) is 10.2 Å². The van der Waals surface area contributed by atoms with Gasteiger partial charge in [-0.15, -0.1) is 0 Å². The van der Waals surface area contributed by atoms with Gasteiger partial charge in [-0.1, -0.05) is 19.1 Å². The molecule has 1 aromatic carbocycles. The molecule has 2 saturated heterocycles. The van der Waals surface area contributed by atoms with Crippen LogP contribution in [0.15, 0.2) is 29.3 Å². The van der Waals surface area contributed by atoms with Crippen LogP contribution < -0.4 is 5.32 Å². The Morgan fingerprint density at radius 3 is 2.86 bits per heavy atom. The number of alkyl halides is 3. The largest absolute Gasteiger partial charge is 0.416 e. The van der Waals surface area contributed by atoms with Gasteiger partial charge in [0.25, 0.3) is 0 Å². The van der Waals surface area contributed by atoms with Crippen molar-refractivity contribution >= 4 is 5.96 Å². The van der Waals surface area contributed by atoms with Crippen LogP contribution in [0, 0.1) is 5.41 Å². The third-order valence-electron chi connectivity index (χ3n) is 5.20. The molecule has 1 N–H and O–H groups in total. The van der Waals surface area contributed by atoms with E-state index in [1.165, 1.54) is 12.1 Å². The van der Waals surface area contributed by atoms with E-state index in [1.807, 2.05) is 6.92 Å². The van der Waals surface area contributed by atoms with E-state index in [0.29, 0.717) is 38.4 Å². The van der Waals surface area contributed by atoms with Gasteiger partial charge in [0.05, 0.1) is 31.9 Å². The van der Waals surface area contributed by atoms with Crippen molar-refractivity contribution in [2.24, 2.45) is 10.4 Å². The molecular weight excluding hydrogens is 371 g/mol. The van der Waals surface area contributed by atoms with Gasteiger partial charge < -0.3 is 19.7 Å². The minimum atomic E-state index is -4.36. The van der Waals surface area contributed by atoms with Crippen LogP contribution in [0.1, 0.15) is 37.5 Å². The van der Waals surface area contributed by atoms with E-state index < -0.39 is 17.8 Å². The molecular formula is C20H28F3N3O2. The Bertz CT molecular complexity index is 688. The highest BCUT2D eigenvalue weighted by Gasteiger charge is 2.33. The lowest BCUT2D eigenvalue weighted by molar-refractivity contribution is -0.137. The van der Waals surface area contributed by atoms with Crippen molar-refractivity contribution in [2.75, 3.05) is 46.0 Å². The fraction of sp³-hybridized carbons (Fsp3) is 0.650. The molecule has 2 aliphatic rings. The van der Waals surface area contributed by atoms with E-state index in [-0.39, 0.29) is 5.41 Å². The first-order valence-electron chi connectivity index (χ1n) is 9.70. The highest BCUT2D eigenvalue weighted by Crippen LogP contribution is 2.32. The second-order valence-electron chi connectivity index (χ2n) is 7.71. The Hall–Kier alpha value is -1.80. The quantitative estimate of drug-likeness (QED) is 0.622. The fourth-order valence-electron chi connectivity index (χ4n) is 3.48. The van der Waals surface area contributed by atoms with Crippen LogP contribution >= 0.6 is 0 Å². The molecule has 2 fully saturated rings. The normalized spacial score (nSPS) is 26.5. The van der Waals surface area contributed by atoms with Gasteiger partial charge in [-0.2, -0.15) is 13.2 Å². The molecule has 2 aliphatic heterocycles. The Kier molecular flexibility index (Phi) is 6.50. The van der Waals surface area contributed by atoms with Crippen LogP contribution in [0.3, 0.4) is 0 Å². The van der Waals surface area contributed by atoms with E-state index in [2.05, 4.69) is 17.1 Å². The van der Waals surface area contributed by atoms with Gasteiger partial charge in [0.2, 0.25) is 0 Å².